The van der Waals surface area contributed by atoms with Crippen LogP contribution in [0.25, 0.3) is 0 Å². The normalized spacial score (nSPS) is 11.5. The van der Waals surface area contributed by atoms with Gasteiger partial charge < -0.3 is 0 Å². The summed E-state index contributed by atoms with van der Waals surface area (Å²) < 4.78 is 24.1. The molecule has 1 rings (SSSR count). The highest BCUT2D eigenvalue weighted by atomic mass is 32.2. The molecule has 1 aromatic carbocycles. The van der Waals surface area contributed by atoms with Gasteiger partial charge in [0.25, 0.3) is 0 Å². The lowest BCUT2D eigenvalue weighted by Crippen LogP contribution is -2.07. The van der Waals surface area contributed by atoms with Gasteiger partial charge in [0.2, 0.25) is 0 Å². The van der Waals surface area contributed by atoms with Gasteiger partial charge >= 0.3 is 0 Å². The van der Waals surface area contributed by atoms with Crippen molar-refractivity contribution in [2.45, 2.75) is 50.8 Å². The third-order valence-electron chi connectivity index (χ3n) is 3.12. The van der Waals surface area contributed by atoms with E-state index in [1.165, 1.54) is 12.1 Å². The lowest BCUT2D eigenvalue weighted by Gasteiger charge is -2.05. The van der Waals surface area contributed by atoms with Crippen LogP contribution in [-0.4, -0.2) is 20.0 Å². The molecule has 0 aliphatic carbocycles. The number of benzene rings is 1. The molecule has 0 saturated heterocycles. The summed E-state index contributed by atoms with van der Waals surface area (Å²) in [5.74, 6) is 0.223. The first-order valence-electron chi connectivity index (χ1n) is 6.87. The molecule has 4 heteroatoms. The fraction of sp³-hybridized carbons (Fsp3) is 0.533. The number of hydrogen-bond donors (Lipinski definition) is 0. The van der Waals surface area contributed by atoms with E-state index in [9.17, 15) is 13.2 Å². The monoisotopic (exact) mass is 282 g/mol. The Hall–Kier alpha value is -1.16. The lowest BCUT2D eigenvalue weighted by atomic mass is 10.1. The number of rotatable bonds is 8. The summed E-state index contributed by atoms with van der Waals surface area (Å²) >= 11 is 0. The molecule has 0 aromatic heterocycles. The maximum Gasteiger partial charge on any atom is 0.178 e. The molecule has 106 valence electrons. The van der Waals surface area contributed by atoms with Crippen LogP contribution >= 0.6 is 0 Å². The highest BCUT2D eigenvalue weighted by Crippen LogP contribution is 2.15. The van der Waals surface area contributed by atoms with E-state index in [-0.39, 0.29) is 11.5 Å². The minimum absolute atomic E-state index is 0.0342. The van der Waals surface area contributed by atoms with Crippen LogP contribution in [0.1, 0.15) is 56.3 Å². The molecule has 19 heavy (non-hydrogen) atoms. The molecule has 0 atom stereocenters. The van der Waals surface area contributed by atoms with Gasteiger partial charge in [-0.25, -0.2) is 8.42 Å². The van der Waals surface area contributed by atoms with Crippen molar-refractivity contribution in [1.29, 1.82) is 0 Å². The molecule has 0 unspecified atom stereocenters. The van der Waals surface area contributed by atoms with E-state index >= 15 is 0 Å². The third kappa shape index (κ3) is 4.78. The zero-order chi connectivity index (χ0) is 14.3. The summed E-state index contributed by atoms with van der Waals surface area (Å²) in [6.07, 6.45) is 4.24. The molecular formula is C15H22O3S. The Labute approximate surface area is 116 Å². The van der Waals surface area contributed by atoms with E-state index in [0.29, 0.717) is 23.3 Å². The van der Waals surface area contributed by atoms with Crippen molar-refractivity contribution in [2.75, 3.05) is 5.75 Å². The first-order chi connectivity index (χ1) is 9.01. The van der Waals surface area contributed by atoms with Crippen molar-refractivity contribution in [3.05, 3.63) is 29.8 Å². The van der Waals surface area contributed by atoms with E-state index in [4.69, 9.17) is 0 Å². The maximum absolute atomic E-state index is 12.1. The SMILES string of the molecule is CCCCCCS(=O)(=O)c1ccc(C(=O)CC)cc1. The highest BCUT2D eigenvalue weighted by molar-refractivity contribution is 7.91. The van der Waals surface area contributed by atoms with E-state index in [0.717, 1.165) is 19.3 Å². The molecule has 0 radical (unpaired) electrons. The van der Waals surface area contributed by atoms with Gasteiger partial charge in [-0.1, -0.05) is 45.2 Å². The van der Waals surface area contributed by atoms with Crippen LogP contribution in [0.4, 0.5) is 0 Å². The van der Waals surface area contributed by atoms with Crippen LogP contribution < -0.4 is 0 Å². The first-order valence-corrected chi connectivity index (χ1v) is 8.52. The summed E-state index contributed by atoms with van der Waals surface area (Å²) in [6, 6.07) is 6.28. The van der Waals surface area contributed by atoms with Crippen LogP contribution in [0.2, 0.25) is 0 Å². The summed E-state index contributed by atoms with van der Waals surface area (Å²) in [6.45, 7) is 3.89. The number of unbranched alkanes of at least 4 members (excludes halogenated alkanes) is 3. The van der Waals surface area contributed by atoms with Crippen molar-refractivity contribution >= 4 is 15.6 Å². The van der Waals surface area contributed by atoms with Crippen LogP contribution in [0.3, 0.4) is 0 Å². The van der Waals surface area contributed by atoms with Gasteiger partial charge in [0.05, 0.1) is 10.6 Å². The Balaban J connectivity index is 2.71. The van der Waals surface area contributed by atoms with Gasteiger partial charge in [-0.05, 0) is 18.6 Å². The maximum atomic E-state index is 12.1. The second-order valence-corrected chi connectivity index (χ2v) is 6.79. The molecule has 0 N–H and O–H groups in total. The smallest absolute Gasteiger partial charge is 0.178 e. The summed E-state index contributed by atoms with van der Waals surface area (Å²) in [7, 11) is -3.20. The molecular weight excluding hydrogens is 260 g/mol. The first kappa shape index (κ1) is 15.9. The fourth-order valence-corrected chi connectivity index (χ4v) is 3.26. The van der Waals surface area contributed by atoms with Crippen molar-refractivity contribution in [3.63, 3.8) is 0 Å². The summed E-state index contributed by atoms with van der Waals surface area (Å²) in [4.78, 5) is 11.8. The van der Waals surface area contributed by atoms with Gasteiger partial charge in [-0.3, -0.25) is 4.79 Å². The molecule has 1 aromatic rings. The molecule has 0 fully saturated rings. The zero-order valence-corrected chi connectivity index (χ0v) is 12.5. The second-order valence-electron chi connectivity index (χ2n) is 4.68. The van der Waals surface area contributed by atoms with E-state index in [1.807, 2.05) is 0 Å². The molecule has 0 saturated carbocycles. The van der Waals surface area contributed by atoms with Gasteiger partial charge in [0, 0.05) is 12.0 Å². The van der Waals surface area contributed by atoms with Crippen molar-refractivity contribution in [3.8, 4) is 0 Å². The minimum atomic E-state index is -3.20. The molecule has 3 nitrogen and oxygen atoms in total. The summed E-state index contributed by atoms with van der Waals surface area (Å²) in [5, 5.41) is 0. The molecule has 0 spiro atoms. The molecule has 0 aliphatic rings. The van der Waals surface area contributed by atoms with Gasteiger partial charge in [-0.15, -0.1) is 0 Å². The summed E-state index contributed by atoms with van der Waals surface area (Å²) in [5.41, 5.74) is 0.576. The second kappa shape index (κ2) is 7.43. The Morgan fingerprint density at radius 1 is 1.00 bits per heavy atom. The van der Waals surface area contributed by atoms with Crippen LogP contribution in [-0.2, 0) is 9.84 Å². The molecule has 0 heterocycles. The van der Waals surface area contributed by atoms with Crippen molar-refractivity contribution in [1.82, 2.24) is 0 Å². The van der Waals surface area contributed by atoms with Gasteiger partial charge in [0.1, 0.15) is 0 Å². The van der Waals surface area contributed by atoms with E-state index in [1.54, 1.807) is 19.1 Å². The topological polar surface area (TPSA) is 51.2 Å². The Morgan fingerprint density at radius 2 is 1.63 bits per heavy atom. The lowest BCUT2D eigenvalue weighted by molar-refractivity contribution is 0.0988. The average molecular weight is 282 g/mol. The predicted molar refractivity (Wildman–Crippen MR) is 77.3 cm³/mol. The fourth-order valence-electron chi connectivity index (χ4n) is 1.89. The Morgan fingerprint density at radius 3 is 2.16 bits per heavy atom. The molecule has 0 bridgehead atoms. The number of carbonyl (C=O) groups excluding carboxylic acids is 1. The molecule has 0 aliphatic heterocycles. The minimum Gasteiger partial charge on any atom is -0.294 e. The average Bonchev–Trinajstić information content (AvgIpc) is 2.43. The Kier molecular flexibility index (Phi) is 6.22. The Bertz CT molecular complexity index is 501. The van der Waals surface area contributed by atoms with E-state index < -0.39 is 9.84 Å². The van der Waals surface area contributed by atoms with Crippen LogP contribution in [0.15, 0.2) is 29.2 Å². The highest BCUT2D eigenvalue weighted by Gasteiger charge is 2.14. The number of hydrogen-bond acceptors (Lipinski definition) is 3. The van der Waals surface area contributed by atoms with Crippen LogP contribution in [0, 0.1) is 0 Å². The number of ketones is 1. The quantitative estimate of drug-likeness (QED) is 0.540. The van der Waals surface area contributed by atoms with Crippen molar-refractivity contribution in [2.24, 2.45) is 0 Å². The number of Topliss-reactive ketones (excluding diaryl/α,β-unsaturated/α-hetero) is 1. The predicted octanol–water partition coefficient (Wildman–Crippen LogP) is 3.63. The standard InChI is InChI=1S/C15H22O3S/c1-3-5-6-7-12-19(17,18)14-10-8-13(9-11-14)15(16)4-2/h8-11H,3-7,12H2,1-2H3. The van der Waals surface area contributed by atoms with Crippen LogP contribution in [0.5, 0.6) is 0 Å². The van der Waals surface area contributed by atoms with Crippen molar-refractivity contribution < 1.29 is 13.2 Å². The largest absolute Gasteiger partial charge is 0.294 e. The molecule has 0 amide bonds. The number of sulfone groups is 1. The van der Waals surface area contributed by atoms with Gasteiger partial charge in [0.15, 0.2) is 15.6 Å². The van der Waals surface area contributed by atoms with Gasteiger partial charge in [-0.2, -0.15) is 0 Å². The van der Waals surface area contributed by atoms with E-state index in [2.05, 4.69) is 6.92 Å². The zero-order valence-electron chi connectivity index (χ0n) is 11.7. The third-order valence-corrected chi connectivity index (χ3v) is 4.94. The number of carbonyl (C=O) groups is 1.